The van der Waals surface area contributed by atoms with Gasteiger partial charge in [-0.25, -0.2) is 0 Å². The van der Waals surface area contributed by atoms with Gasteiger partial charge in [0.2, 0.25) is 0 Å². The van der Waals surface area contributed by atoms with Crippen molar-refractivity contribution in [2.24, 2.45) is 0 Å². The Bertz CT molecular complexity index is 309. The van der Waals surface area contributed by atoms with Crippen LogP contribution in [0.5, 0.6) is 5.75 Å². The Morgan fingerprint density at radius 2 is 1.92 bits per heavy atom. The summed E-state index contributed by atoms with van der Waals surface area (Å²) in [5, 5.41) is 0. The van der Waals surface area contributed by atoms with E-state index in [4.69, 9.17) is 4.74 Å². The third kappa shape index (κ3) is 3.11. The summed E-state index contributed by atoms with van der Waals surface area (Å²) in [5.41, 5.74) is 1.75. The van der Waals surface area contributed by atoms with Crippen molar-refractivity contribution in [1.29, 1.82) is 0 Å². The molecule has 0 bridgehead atoms. The van der Waals surface area contributed by atoms with Gasteiger partial charge >= 0.3 is 0 Å². The van der Waals surface area contributed by atoms with E-state index >= 15 is 0 Å². The lowest BCUT2D eigenvalue weighted by molar-refractivity contribution is -0.104. The van der Waals surface area contributed by atoms with Crippen LogP contribution in [-0.4, -0.2) is 6.29 Å². The molecule has 0 heterocycles. The Balaban J connectivity index is 2.65. The molecule has 0 saturated carbocycles. The molecule has 0 unspecified atom stereocenters. The summed E-state index contributed by atoms with van der Waals surface area (Å²) in [6.45, 7) is 3.71. The van der Waals surface area contributed by atoms with Crippen LogP contribution in [0.4, 0.5) is 0 Å². The zero-order chi connectivity index (χ0) is 9.68. The van der Waals surface area contributed by atoms with Crippen LogP contribution in [0.3, 0.4) is 0 Å². The van der Waals surface area contributed by atoms with Crippen molar-refractivity contribution >= 4 is 6.29 Å². The van der Waals surface area contributed by atoms with E-state index in [0.29, 0.717) is 5.57 Å². The molecule has 0 amide bonds. The number of carbonyl (C=O) groups excluding carboxylic acids is 1. The van der Waals surface area contributed by atoms with Crippen molar-refractivity contribution in [3.05, 3.63) is 41.7 Å². The second kappa shape index (κ2) is 4.45. The predicted octanol–water partition coefficient (Wildman–Crippen LogP) is 2.48. The largest absolute Gasteiger partial charge is 0.465 e. The number of benzene rings is 1. The topological polar surface area (TPSA) is 26.3 Å². The minimum absolute atomic E-state index is 0.570. The van der Waals surface area contributed by atoms with Crippen molar-refractivity contribution < 1.29 is 9.53 Å². The lowest BCUT2D eigenvalue weighted by Gasteiger charge is -2.00. The number of hydrogen-bond donors (Lipinski definition) is 0. The molecular formula is C11H12O2. The lowest BCUT2D eigenvalue weighted by atomic mass is 10.2. The first kappa shape index (κ1) is 9.52. The SMILES string of the molecule is C/C(C=O)=C\Oc1ccc(C)cc1. The van der Waals surface area contributed by atoms with Crippen LogP contribution in [0.15, 0.2) is 36.1 Å². The minimum atomic E-state index is 0.570. The molecular weight excluding hydrogens is 164 g/mol. The number of hydrogen-bond acceptors (Lipinski definition) is 2. The van der Waals surface area contributed by atoms with Crippen molar-refractivity contribution in [1.82, 2.24) is 0 Å². The van der Waals surface area contributed by atoms with Crippen LogP contribution < -0.4 is 4.74 Å². The molecule has 2 nitrogen and oxygen atoms in total. The molecule has 0 atom stereocenters. The van der Waals surface area contributed by atoms with Crippen LogP contribution in [0.1, 0.15) is 12.5 Å². The Morgan fingerprint density at radius 3 is 2.46 bits per heavy atom. The average molecular weight is 176 g/mol. The molecule has 1 aromatic rings. The van der Waals surface area contributed by atoms with Gasteiger partial charge in [-0.1, -0.05) is 17.7 Å². The van der Waals surface area contributed by atoms with Gasteiger partial charge in [-0.2, -0.15) is 0 Å². The molecule has 13 heavy (non-hydrogen) atoms. The number of allylic oxidation sites excluding steroid dienone is 1. The van der Waals surface area contributed by atoms with Crippen LogP contribution in [0.25, 0.3) is 0 Å². The van der Waals surface area contributed by atoms with E-state index in [1.807, 2.05) is 31.2 Å². The second-order valence-corrected chi connectivity index (χ2v) is 2.91. The molecule has 0 aliphatic rings. The molecule has 0 N–H and O–H groups in total. The molecule has 0 fully saturated rings. The standard InChI is InChI=1S/C11H12O2/c1-9-3-5-11(6-4-9)13-8-10(2)7-12/h3-8H,1-2H3/b10-8+. The summed E-state index contributed by atoms with van der Waals surface area (Å²) in [6, 6.07) is 7.65. The van der Waals surface area contributed by atoms with Gasteiger partial charge in [0.25, 0.3) is 0 Å². The third-order valence-electron chi connectivity index (χ3n) is 1.59. The Labute approximate surface area is 77.8 Å². The van der Waals surface area contributed by atoms with E-state index in [0.717, 1.165) is 12.0 Å². The monoisotopic (exact) mass is 176 g/mol. The van der Waals surface area contributed by atoms with E-state index in [2.05, 4.69) is 0 Å². The maximum Gasteiger partial charge on any atom is 0.148 e. The van der Waals surface area contributed by atoms with Crippen LogP contribution in [0, 0.1) is 6.92 Å². The third-order valence-corrected chi connectivity index (χ3v) is 1.59. The molecule has 0 spiro atoms. The zero-order valence-electron chi connectivity index (χ0n) is 7.78. The fraction of sp³-hybridized carbons (Fsp3) is 0.182. The van der Waals surface area contributed by atoms with Gasteiger partial charge in [0, 0.05) is 5.57 Å². The summed E-state index contributed by atoms with van der Waals surface area (Å²) in [6.07, 6.45) is 2.20. The summed E-state index contributed by atoms with van der Waals surface area (Å²) < 4.78 is 5.22. The molecule has 1 rings (SSSR count). The van der Waals surface area contributed by atoms with Crippen molar-refractivity contribution in [3.63, 3.8) is 0 Å². The normalized spacial score (nSPS) is 11.1. The Morgan fingerprint density at radius 1 is 1.31 bits per heavy atom. The van der Waals surface area contributed by atoms with Crippen molar-refractivity contribution in [2.75, 3.05) is 0 Å². The number of aryl methyl sites for hydroxylation is 1. The number of aldehydes is 1. The van der Waals surface area contributed by atoms with E-state index < -0.39 is 0 Å². The van der Waals surface area contributed by atoms with Crippen LogP contribution >= 0.6 is 0 Å². The molecule has 0 saturated heterocycles. The quantitative estimate of drug-likeness (QED) is 0.402. The predicted molar refractivity (Wildman–Crippen MR) is 51.6 cm³/mol. The van der Waals surface area contributed by atoms with Crippen LogP contribution in [-0.2, 0) is 4.79 Å². The van der Waals surface area contributed by atoms with E-state index in [1.165, 1.54) is 11.8 Å². The lowest BCUT2D eigenvalue weighted by Crippen LogP contribution is -1.86. The Kier molecular flexibility index (Phi) is 3.26. The van der Waals surface area contributed by atoms with Gasteiger partial charge in [-0.15, -0.1) is 0 Å². The van der Waals surface area contributed by atoms with Crippen molar-refractivity contribution in [2.45, 2.75) is 13.8 Å². The smallest absolute Gasteiger partial charge is 0.148 e. The first-order valence-corrected chi connectivity index (χ1v) is 4.07. The maximum atomic E-state index is 10.2. The molecule has 0 aliphatic carbocycles. The van der Waals surface area contributed by atoms with E-state index in [9.17, 15) is 4.79 Å². The summed E-state index contributed by atoms with van der Waals surface area (Å²) in [7, 11) is 0. The highest BCUT2D eigenvalue weighted by atomic mass is 16.5. The molecule has 0 radical (unpaired) electrons. The van der Waals surface area contributed by atoms with E-state index in [-0.39, 0.29) is 0 Å². The fourth-order valence-electron chi connectivity index (χ4n) is 0.806. The van der Waals surface area contributed by atoms with Gasteiger partial charge in [-0.3, -0.25) is 4.79 Å². The maximum absolute atomic E-state index is 10.2. The first-order valence-electron chi connectivity index (χ1n) is 4.07. The minimum Gasteiger partial charge on any atom is -0.465 e. The van der Waals surface area contributed by atoms with Gasteiger partial charge < -0.3 is 4.74 Å². The molecule has 0 aliphatic heterocycles. The zero-order valence-corrected chi connectivity index (χ0v) is 7.78. The average Bonchev–Trinajstić information content (AvgIpc) is 2.16. The highest BCUT2D eigenvalue weighted by Gasteiger charge is 1.90. The number of ether oxygens (including phenoxy) is 1. The Hall–Kier alpha value is -1.57. The summed E-state index contributed by atoms with van der Waals surface area (Å²) in [5.74, 6) is 0.742. The highest BCUT2D eigenvalue weighted by molar-refractivity contribution is 5.71. The van der Waals surface area contributed by atoms with Crippen LogP contribution in [0.2, 0.25) is 0 Å². The van der Waals surface area contributed by atoms with E-state index in [1.54, 1.807) is 6.92 Å². The summed E-state index contributed by atoms with van der Waals surface area (Å²) in [4.78, 5) is 10.2. The second-order valence-electron chi connectivity index (χ2n) is 2.91. The van der Waals surface area contributed by atoms with Crippen molar-refractivity contribution in [3.8, 4) is 5.75 Å². The van der Waals surface area contributed by atoms with Gasteiger partial charge in [-0.05, 0) is 26.0 Å². The number of carbonyl (C=O) groups is 1. The van der Waals surface area contributed by atoms with Gasteiger partial charge in [0.05, 0.1) is 6.26 Å². The molecule has 0 aromatic heterocycles. The summed E-state index contributed by atoms with van der Waals surface area (Å²) >= 11 is 0. The fourth-order valence-corrected chi connectivity index (χ4v) is 0.806. The first-order chi connectivity index (χ1) is 6.22. The molecule has 2 heteroatoms. The molecule has 1 aromatic carbocycles. The van der Waals surface area contributed by atoms with Gasteiger partial charge in [0.1, 0.15) is 12.0 Å². The number of rotatable bonds is 3. The highest BCUT2D eigenvalue weighted by Crippen LogP contribution is 2.11. The van der Waals surface area contributed by atoms with Gasteiger partial charge in [0.15, 0.2) is 0 Å². The molecule has 68 valence electrons.